The minimum Gasteiger partial charge on any atom is -0.466 e. The molecule has 1 atom stereocenters. The zero-order valence-corrected chi connectivity index (χ0v) is 19.5. The van der Waals surface area contributed by atoms with Crippen LogP contribution in [0, 0.1) is 12.5 Å². The van der Waals surface area contributed by atoms with Gasteiger partial charge in [-0.3, -0.25) is 19.3 Å². The molecule has 0 saturated carbocycles. The van der Waals surface area contributed by atoms with Crippen molar-refractivity contribution in [1.82, 2.24) is 15.5 Å². The maximum Gasteiger partial charge on any atom is 0.408 e. The lowest BCUT2D eigenvalue weighted by molar-refractivity contribution is -0.143. The molecule has 178 valence electrons. The maximum absolute atomic E-state index is 13.0. The summed E-state index contributed by atoms with van der Waals surface area (Å²) in [7, 11) is 0. The molecule has 0 aliphatic rings. The molecule has 0 aliphatic heterocycles. The largest absolute Gasteiger partial charge is 0.466 e. The number of esters is 1. The normalized spacial score (nSPS) is 11.4. The van der Waals surface area contributed by atoms with E-state index < -0.39 is 42.1 Å². The first kappa shape index (κ1) is 27.2. The molecule has 0 fully saturated rings. The molecule has 2 N–H and O–H groups in total. The van der Waals surface area contributed by atoms with Crippen LogP contribution in [0.4, 0.5) is 4.79 Å². The molecular weight excluding hydrogens is 426 g/mol. The lowest BCUT2D eigenvalue weighted by atomic mass is 10.0. The van der Waals surface area contributed by atoms with Crippen LogP contribution >= 0.6 is 0 Å². The Balaban J connectivity index is 3.06. The second-order valence-electron chi connectivity index (χ2n) is 7.87. The molecule has 0 spiro atoms. The van der Waals surface area contributed by atoms with Crippen molar-refractivity contribution < 1.29 is 28.7 Å². The first-order valence-electron chi connectivity index (χ1n) is 10.4. The van der Waals surface area contributed by atoms with Gasteiger partial charge in [0.25, 0.3) is 5.91 Å². The van der Waals surface area contributed by atoms with E-state index >= 15 is 0 Å². The van der Waals surface area contributed by atoms with Crippen LogP contribution in [0.2, 0.25) is 0 Å². The van der Waals surface area contributed by atoms with Gasteiger partial charge in [-0.15, -0.1) is 0 Å². The summed E-state index contributed by atoms with van der Waals surface area (Å²) in [5.74, 6) is -1.75. The summed E-state index contributed by atoms with van der Waals surface area (Å²) in [6.45, 7) is 10.2. The van der Waals surface area contributed by atoms with Gasteiger partial charge < -0.3 is 20.1 Å². The first-order chi connectivity index (χ1) is 15.5. The summed E-state index contributed by atoms with van der Waals surface area (Å²) in [4.78, 5) is 50.2. The van der Waals surface area contributed by atoms with Crippen molar-refractivity contribution in [3.05, 3.63) is 42.0 Å². The number of amides is 3. The van der Waals surface area contributed by atoms with Crippen molar-refractivity contribution in [2.75, 3.05) is 19.7 Å². The minimum atomic E-state index is -1.20. The van der Waals surface area contributed by atoms with Crippen molar-refractivity contribution in [1.29, 1.82) is 0 Å². The second kappa shape index (κ2) is 12.9. The number of carbonyl (C=O) groups is 4. The van der Waals surface area contributed by atoms with E-state index in [2.05, 4.69) is 23.3 Å². The molecule has 1 aromatic carbocycles. The molecule has 0 aliphatic carbocycles. The van der Waals surface area contributed by atoms with Gasteiger partial charge in [-0.1, -0.05) is 37.3 Å². The first-order valence-corrected chi connectivity index (χ1v) is 10.4. The van der Waals surface area contributed by atoms with Crippen LogP contribution in [-0.4, -0.2) is 54.1 Å². The topological polar surface area (TPSA) is 114 Å². The van der Waals surface area contributed by atoms with E-state index in [1.165, 1.54) is 0 Å². The van der Waals surface area contributed by atoms with Gasteiger partial charge in [0.15, 0.2) is 0 Å². The molecule has 1 aromatic rings. The van der Waals surface area contributed by atoms with Gasteiger partial charge in [0.1, 0.15) is 18.2 Å². The van der Waals surface area contributed by atoms with E-state index in [9.17, 15) is 19.2 Å². The molecule has 1 unspecified atom stereocenters. The highest BCUT2D eigenvalue weighted by molar-refractivity contribution is 5.91. The third-order valence-electron chi connectivity index (χ3n) is 4.09. The Bertz CT molecular complexity index is 914. The number of alkyl carbamates (subject to hydrolysis) is 1. The number of hydrogen-bond donors (Lipinski definition) is 2. The third-order valence-corrected chi connectivity index (χ3v) is 4.09. The molecule has 9 nitrogen and oxygen atoms in total. The molecule has 33 heavy (non-hydrogen) atoms. The highest BCUT2D eigenvalue weighted by Gasteiger charge is 2.31. The maximum atomic E-state index is 13.0. The fourth-order valence-corrected chi connectivity index (χ4v) is 2.73. The molecule has 0 bridgehead atoms. The fourth-order valence-electron chi connectivity index (χ4n) is 2.73. The third kappa shape index (κ3) is 9.47. The molecule has 1 rings (SSSR count). The van der Waals surface area contributed by atoms with E-state index in [0.717, 1.165) is 4.90 Å². The van der Waals surface area contributed by atoms with Crippen LogP contribution in [-0.2, 0) is 23.9 Å². The second-order valence-corrected chi connectivity index (χ2v) is 7.87. The number of terminal acetylenes is 1. The number of benzene rings is 1. The van der Waals surface area contributed by atoms with Crippen molar-refractivity contribution in [2.24, 2.45) is 0 Å². The number of carbonyl (C=O) groups excluding carboxylic acids is 4. The van der Waals surface area contributed by atoms with Gasteiger partial charge in [0.05, 0.1) is 13.0 Å². The Morgan fingerprint density at radius 1 is 1.24 bits per heavy atom. The fraction of sp³-hybridized carbons (Fsp3) is 0.417. The van der Waals surface area contributed by atoms with E-state index in [4.69, 9.17) is 15.9 Å². The summed E-state index contributed by atoms with van der Waals surface area (Å²) in [6.07, 6.45) is 6.34. The molecule has 0 aromatic heterocycles. The van der Waals surface area contributed by atoms with Crippen molar-refractivity contribution in [2.45, 2.75) is 45.8 Å². The smallest absolute Gasteiger partial charge is 0.408 e. The average molecular weight is 458 g/mol. The van der Waals surface area contributed by atoms with Crippen LogP contribution in [0.3, 0.4) is 0 Å². The number of ether oxygens (including phenoxy) is 2. The summed E-state index contributed by atoms with van der Waals surface area (Å²) < 4.78 is 9.96. The van der Waals surface area contributed by atoms with Gasteiger partial charge in [0.2, 0.25) is 5.91 Å². The van der Waals surface area contributed by atoms with Crippen molar-refractivity contribution >= 4 is 30.0 Å². The number of nitrogens with zero attached hydrogens (tertiary/aromatic N) is 1. The monoisotopic (exact) mass is 457 g/mol. The van der Waals surface area contributed by atoms with Crippen LogP contribution in [0.5, 0.6) is 0 Å². The molecule has 3 amide bonds. The standard InChI is InChI=1S/C24H31N3O6/c1-7-17-11-10-12-18(15-17)21(22(30)25-14-13-20(29)32-9-3)27(8-2)19(28)16-26-23(31)33-24(4,5)6/h2,7,10-12,15,21H,1,9,13-14,16H2,3-6H3,(H,25,30)(H,26,31). The Morgan fingerprint density at radius 2 is 1.94 bits per heavy atom. The summed E-state index contributed by atoms with van der Waals surface area (Å²) in [6, 6.07) is 7.80. The number of nitrogens with one attached hydrogen (secondary N) is 2. The SMILES string of the molecule is C#CN(C(=O)CNC(=O)OC(C)(C)C)C(C(=O)NCCC(=O)OCC)c1cccc(C=C)c1. The molecule has 0 radical (unpaired) electrons. The summed E-state index contributed by atoms with van der Waals surface area (Å²) >= 11 is 0. The molecular formula is C24H31N3O6. The van der Waals surface area contributed by atoms with Gasteiger partial charge in [0, 0.05) is 12.6 Å². The van der Waals surface area contributed by atoms with E-state index in [0.29, 0.717) is 11.1 Å². The zero-order valence-electron chi connectivity index (χ0n) is 19.5. The quantitative estimate of drug-likeness (QED) is 0.317. The Labute approximate surface area is 194 Å². The van der Waals surface area contributed by atoms with E-state index in [-0.39, 0.29) is 19.6 Å². The highest BCUT2D eigenvalue weighted by Crippen LogP contribution is 2.22. The Hall–Kier alpha value is -3.80. The van der Waals surface area contributed by atoms with Gasteiger partial charge in [-0.2, -0.15) is 0 Å². The highest BCUT2D eigenvalue weighted by atomic mass is 16.6. The van der Waals surface area contributed by atoms with Gasteiger partial charge >= 0.3 is 12.1 Å². The van der Waals surface area contributed by atoms with Crippen LogP contribution in [0.15, 0.2) is 30.8 Å². The predicted octanol–water partition coefficient (Wildman–Crippen LogP) is 2.38. The van der Waals surface area contributed by atoms with Crippen molar-refractivity contribution in [3.63, 3.8) is 0 Å². The van der Waals surface area contributed by atoms with E-state index in [1.54, 1.807) is 58.0 Å². The number of rotatable bonds is 10. The van der Waals surface area contributed by atoms with Crippen LogP contribution in [0.1, 0.15) is 51.3 Å². The van der Waals surface area contributed by atoms with Crippen LogP contribution in [0.25, 0.3) is 6.08 Å². The lowest BCUT2D eigenvalue weighted by Crippen LogP contribution is -2.46. The zero-order chi connectivity index (χ0) is 25.0. The van der Waals surface area contributed by atoms with Gasteiger partial charge in [-0.25, -0.2) is 4.79 Å². The van der Waals surface area contributed by atoms with Crippen LogP contribution < -0.4 is 10.6 Å². The summed E-state index contributed by atoms with van der Waals surface area (Å²) in [5, 5.41) is 4.94. The summed E-state index contributed by atoms with van der Waals surface area (Å²) in [5.41, 5.74) is 0.406. The van der Waals surface area contributed by atoms with Crippen molar-refractivity contribution in [3.8, 4) is 12.5 Å². The minimum absolute atomic E-state index is 0.00191. The molecule has 0 heterocycles. The average Bonchev–Trinajstić information content (AvgIpc) is 2.74. The Morgan fingerprint density at radius 3 is 2.52 bits per heavy atom. The van der Waals surface area contributed by atoms with Gasteiger partial charge in [-0.05, 0) is 44.9 Å². The molecule has 0 saturated heterocycles. The lowest BCUT2D eigenvalue weighted by Gasteiger charge is -2.27. The number of hydrogen-bond acceptors (Lipinski definition) is 6. The Kier molecular flexibility index (Phi) is 10.7. The van der Waals surface area contributed by atoms with E-state index in [1.807, 2.05) is 0 Å². The predicted molar refractivity (Wildman–Crippen MR) is 123 cm³/mol. The molecule has 9 heteroatoms.